The summed E-state index contributed by atoms with van der Waals surface area (Å²) in [5.74, 6) is 1.79. The largest absolute Gasteiger partial charge is 0.497 e. The maximum atomic E-state index is 5.26. The summed E-state index contributed by atoms with van der Waals surface area (Å²) in [5, 5.41) is 4.37. The first-order valence-corrected chi connectivity index (χ1v) is 9.71. The number of piperazine rings is 1. The van der Waals surface area contributed by atoms with Crippen LogP contribution >= 0.6 is 0 Å². The van der Waals surface area contributed by atoms with Crippen molar-refractivity contribution in [3.8, 4) is 17.0 Å². The van der Waals surface area contributed by atoms with Crippen LogP contribution in [0.4, 0.5) is 5.82 Å². The summed E-state index contributed by atoms with van der Waals surface area (Å²) < 4.78 is 7.24. The van der Waals surface area contributed by atoms with E-state index in [4.69, 9.17) is 4.74 Å². The van der Waals surface area contributed by atoms with Crippen LogP contribution in [0.5, 0.6) is 5.75 Å². The molecule has 1 fully saturated rings. The predicted octanol–water partition coefficient (Wildman–Crippen LogP) is 2.69. The van der Waals surface area contributed by atoms with Crippen LogP contribution in [-0.4, -0.2) is 57.9 Å². The van der Waals surface area contributed by atoms with Gasteiger partial charge in [-0.3, -0.25) is 14.6 Å². The number of anilines is 1. The number of hydrogen-bond donors (Lipinski definition) is 0. The second-order valence-corrected chi connectivity index (χ2v) is 6.92. The first kappa shape index (κ1) is 18.4. The van der Waals surface area contributed by atoms with Gasteiger partial charge in [-0.2, -0.15) is 5.10 Å². The summed E-state index contributed by atoms with van der Waals surface area (Å²) in [7, 11) is 1.68. The molecule has 0 bridgehead atoms. The summed E-state index contributed by atoms with van der Waals surface area (Å²) in [6.07, 6.45) is 7.63. The monoisotopic (exact) mass is 378 g/mol. The zero-order chi connectivity index (χ0) is 19.3. The summed E-state index contributed by atoms with van der Waals surface area (Å²) >= 11 is 0. The number of nitrogens with zero attached hydrogens (tertiary/aromatic N) is 6. The number of ether oxygens (including phenoxy) is 1. The van der Waals surface area contributed by atoms with Gasteiger partial charge in [-0.05, 0) is 31.2 Å². The van der Waals surface area contributed by atoms with Gasteiger partial charge in [-0.15, -0.1) is 0 Å². The van der Waals surface area contributed by atoms with Gasteiger partial charge in [0.15, 0.2) is 5.82 Å². The van der Waals surface area contributed by atoms with Crippen molar-refractivity contribution in [2.45, 2.75) is 20.0 Å². The second kappa shape index (κ2) is 8.39. The smallest absolute Gasteiger partial charge is 0.155 e. The van der Waals surface area contributed by atoms with E-state index in [1.165, 1.54) is 5.56 Å². The number of benzene rings is 1. The molecule has 1 aliphatic heterocycles. The summed E-state index contributed by atoms with van der Waals surface area (Å²) in [5.41, 5.74) is 3.25. The molecule has 28 heavy (non-hydrogen) atoms. The Morgan fingerprint density at radius 3 is 2.43 bits per heavy atom. The molecule has 0 amide bonds. The molecule has 0 radical (unpaired) electrons. The van der Waals surface area contributed by atoms with E-state index >= 15 is 0 Å². The summed E-state index contributed by atoms with van der Waals surface area (Å²) in [4.78, 5) is 14.1. The van der Waals surface area contributed by atoms with Crippen molar-refractivity contribution in [2.24, 2.45) is 0 Å². The number of methoxy groups -OCH3 is 1. The highest BCUT2D eigenvalue weighted by atomic mass is 16.5. The van der Waals surface area contributed by atoms with Crippen LogP contribution in [0.2, 0.25) is 0 Å². The van der Waals surface area contributed by atoms with Gasteiger partial charge < -0.3 is 9.64 Å². The Kier molecular flexibility index (Phi) is 5.53. The maximum Gasteiger partial charge on any atom is 0.155 e. The molecule has 0 spiro atoms. The average Bonchev–Trinajstić information content (AvgIpc) is 3.22. The lowest BCUT2D eigenvalue weighted by atomic mass is 10.1. The molecule has 1 aromatic carbocycles. The molecule has 0 aliphatic carbocycles. The Morgan fingerprint density at radius 1 is 1.00 bits per heavy atom. The number of aryl methyl sites for hydroxylation is 1. The molecular formula is C21H26N6O. The van der Waals surface area contributed by atoms with Gasteiger partial charge in [0.25, 0.3) is 0 Å². The van der Waals surface area contributed by atoms with E-state index in [9.17, 15) is 0 Å². The molecule has 0 N–H and O–H groups in total. The van der Waals surface area contributed by atoms with Gasteiger partial charge in [0.2, 0.25) is 0 Å². The molecule has 4 rings (SSSR count). The van der Waals surface area contributed by atoms with Gasteiger partial charge in [0.05, 0.1) is 13.3 Å². The summed E-state index contributed by atoms with van der Waals surface area (Å²) in [6, 6.07) is 7.99. The van der Waals surface area contributed by atoms with Crippen molar-refractivity contribution in [1.82, 2.24) is 24.6 Å². The molecular weight excluding hydrogens is 352 g/mol. The molecule has 3 heterocycles. The van der Waals surface area contributed by atoms with Crippen molar-refractivity contribution in [3.63, 3.8) is 0 Å². The standard InChI is InChI=1S/C21H26N6O/c1-3-27-16-17(14-24-27)15-25-10-12-26(13-11-25)21-20(22-8-9-23-21)18-4-6-19(28-2)7-5-18/h4-9,14,16H,3,10-13,15H2,1-2H3. The summed E-state index contributed by atoms with van der Waals surface area (Å²) in [6.45, 7) is 7.82. The van der Waals surface area contributed by atoms with Crippen LogP contribution in [0.25, 0.3) is 11.3 Å². The van der Waals surface area contributed by atoms with Crippen LogP contribution in [0.15, 0.2) is 49.1 Å². The SMILES string of the molecule is CCn1cc(CN2CCN(c3nccnc3-c3ccc(OC)cc3)CC2)cn1. The van der Waals surface area contributed by atoms with E-state index in [0.29, 0.717) is 0 Å². The van der Waals surface area contributed by atoms with Crippen LogP contribution in [0.3, 0.4) is 0 Å². The average molecular weight is 378 g/mol. The molecule has 0 saturated carbocycles. The molecule has 7 nitrogen and oxygen atoms in total. The minimum atomic E-state index is 0.842. The third-order valence-electron chi connectivity index (χ3n) is 5.13. The van der Waals surface area contributed by atoms with E-state index in [0.717, 1.165) is 62.1 Å². The minimum Gasteiger partial charge on any atom is -0.497 e. The Bertz CT molecular complexity index is 899. The van der Waals surface area contributed by atoms with Crippen LogP contribution < -0.4 is 9.64 Å². The Morgan fingerprint density at radius 2 is 1.75 bits per heavy atom. The van der Waals surface area contributed by atoms with Crippen molar-refractivity contribution in [3.05, 3.63) is 54.6 Å². The number of rotatable bonds is 6. The quantitative estimate of drug-likeness (QED) is 0.657. The topological polar surface area (TPSA) is 59.3 Å². The van der Waals surface area contributed by atoms with Crippen LogP contribution in [0, 0.1) is 0 Å². The fourth-order valence-corrected chi connectivity index (χ4v) is 3.55. The molecule has 146 valence electrons. The lowest BCUT2D eigenvalue weighted by molar-refractivity contribution is 0.249. The van der Waals surface area contributed by atoms with Gasteiger partial charge >= 0.3 is 0 Å². The molecule has 2 aromatic heterocycles. The third-order valence-corrected chi connectivity index (χ3v) is 5.13. The molecule has 7 heteroatoms. The number of aromatic nitrogens is 4. The number of hydrogen-bond acceptors (Lipinski definition) is 6. The highest BCUT2D eigenvalue weighted by Crippen LogP contribution is 2.28. The fraction of sp³-hybridized carbons (Fsp3) is 0.381. The van der Waals surface area contributed by atoms with Gasteiger partial charge in [0.1, 0.15) is 11.4 Å². The lowest BCUT2D eigenvalue weighted by Crippen LogP contribution is -2.46. The maximum absolute atomic E-state index is 5.26. The highest BCUT2D eigenvalue weighted by molar-refractivity contribution is 5.72. The molecule has 0 atom stereocenters. The third kappa shape index (κ3) is 3.99. The Balaban J connectivity index is 1.44. The first-order valence-electron chi connectivity index (χ1n) is 9.71. The van der Waals surface area contributed by atoms with Crippen LogP contribution in [0.1, 0.15) is 12.5 Å². The fourth-order valence-electron chi connectivity index (χ4n) is 3.55. The highest BCUT2D eigenvalue weighted by Gasteiger charge is 2.21. The predicted molar refractivity (Wildman–Crippen MR) is 109 cm³/mol. The lowest BCUT2D eigenvalue weighted by Gasteiger charge is -2.35. The molecule has 0 unspecified atom stereocenters. The first-order chi connectivity index (χ1) is 13.8. The van der Waals surface area contributed by atoms with Gasteiger partial charge in [0, 0.05) is 69.0 Å². The van der Waals surface area contributed by atoms with E-state index in [2.05, 4.69) is 38.0 Å². The Hall–Kier alpha value is -2.93. The van der Waals surface area contributed by atoms with Crippen molar-refractivity contribution in [2.75, 3.05) is 38.2 Å². The zero-order valence-corrected chi connectivity index (χ0v) is 16.5. The van der Waals surface area contributed by atoms with Crippen LogP contribution in [-0.2, 0) is 13.1 Å². The van der Waals surface area contributed by atoms with E-state index < -0.39 is 0 Å². The van der Waals surface area contributed by atoms with E-state index in [1.54, 1.807) is 19.5 Å². The molecule has 3 aromatic rings. The second-order valence-electron chi connectivity index (χ2n) is 6.92. The van der Waals surface area contributed by atoms with E-state index in [-0.39, 0.29) is 0 Å². The Labute approximate surface area is 165 Å². The normalized spacial score (nSPS) is 15.0. The van der Waals surface area contributed by atoms with Gasteiger partial charge in [-0.25, -0.2) is 4.98 Å². The van der Waals surface area contributed by atoms with Crippen molar-refractivity contribution in [1.29, 1.82) is 0 Å². The minimum absolute atomic E-state index is 0.842. The van der Waals surface area contributed by atoms with Crippen molar-refractivity contribution >= 4 is 5.82 Å². The zero-order valence-electron chi connectivity index (χ0n) is 16.5. The van der Waals surface area contributed by atoms with Gasteiger partial charge in [-0.1, -0.05) is 0 Å². The molecule has 1 saturated heterocycles. The molecule has 1 aliphatic rings. The van der Waals surface area contributed by atoms with Crippen molar-refractivity contribution < 1.29 is 4.74 Å². The van der Waals surface area contributed by atoms with E-state index in [1.807, 2.05) is 35.1 Å².